The molecule has 0 radical (unpaired) electrons. The molecule has 4 rings (SSSR count). The van der Waals surface area contributed by atoms with Crippen LogP contribution in [0.4, 0.5) is 5.69 Å². The van der Waals surface area contributed by atoms with Gasteiger partial charge >= 0.3 is 5.97 Å². The van der Waals surface area contributed by atoms with Gasteiger partial charge in [-0.15, -0.1) is 0 Å². The van der Waals surface area contributed by atoms with Crippen LogP contribution >= 0.6 is 0 Å². The zero-order chi connectivity index (χ0) is 24.5. The molecule has 3 aromatic rings. The van der Waals surface area contributed by atoms with E-state index in [1.807, 2.05) is 0 Å². The second-order valence-corrected chi connectivity index (χ2v) is 9.39. The number of imide groups is 1. The molecule has 11 heteroatoms. The Labute approximate surface area is 194 Å². The molecule has 0 saturated carbocycles. The summed E-state index contributed by atoms with van der Waals surface area (Å²) in [5.74, 6) is -3.44. The van der Waals surface area contributed by atoms with Crippen molar-refractivity contribution in [3.05, 3.63) is 83.3 Å². The molecular formula is C23H18N2O8S. The first-order valence-electron chi connectivity index (χ1n) is 9.95. The number of ether oxygens (including phenoxy) is 1. The minimum absolute atomic E-state index is 0.0932. The van der Waals surface area contributed by atoms with Crippen molar-refractivity contribution in [1.82, 2.24) is 4.90 Å². The number of furan rings is 1. The van der Waals surface area contributed by atoms with E-state index in [0.29, 0.717) is 0 Å². The van der Waals surface area contributed by atoms with Gasteiger partial charge in [-0.1, -0.05) is 18.2 Å². The van der Waals surface area contributed by atoms with E-state index >= 15 is 0 Å². The Hall–Kier alpha value is -4.25. The van der Waals surface area contributed by atoms with Crippen LogP contribution in [0.15, 0.2) is 70.2 Å². The van der Waals surface area contributed by atoms with Gasteiger partial charge in [0.25, 0.3) is 17.7 Å². The summed E-state index contributed by atoms with van der Waals surface area (Å²) < 4.78 is 35.2. The summed E-state index contributed by atoms with van der Waals surface area (Å²) >= 11 is 0. The first kappa shape index (κ1) is 22.9. The molecule has 1 aliphatic rings. The number of carbonyl (C=O) groups is 4. The average molecular weight is 482 g/mol. The molecule has 0 saturated heterocycles. The van der Waals surface area contributed by atoms with E-state index in [0.717, 1.165) is 11.2 Å². The zero-order valence-electron chi connectivity index (χ0n) is 17.8. The fraction of sp³-hybridized carbons (Fsp3) is 0.130. The Bertz CT molecular complexity index is 1410. The quantitative estimate of drug-likeness (QED) is 0.400. The number of nitrogens with zero attached hydrogens (tertiary/aromatic N) is 1. The van der Waals surface area contributed by atoms with Crippen molar-refractivity contribution >= 4 is 39.2 Å². The number of benzene rings is 2. The highest BCUT2D eigenvalue weighted by Gasteiger charge is 2.33. The maximum Gasteiger partial charge on any atom is 0.375 e. The largest absolute Gasteiger partial charge is 0.457 e. The molecule has 0 fully saturated rings. The van der Waals surface area contributed by atoms with Crippen LogP contribution in [0.1, 0.15) is 36.8 Å². The summed E-state index contributed by atoms with van der Waals surface area (Å²) in [5, 5.41) is 2.47. The summed E-state index contributed by atoms with van der Waals surface area (Å²) in [4.78, 5) is 49.7. The number of fused-ring (bicyclic) bond motifs is 1. The number of sulfone groups is 1. The summed E-state index contributed by atoms with van der Waals surface area (Å²) in [7, 11) is -2.37. The van der Waals surface area contributed by atoms with E-state index in [1.165, 1.54) is 43.4 Å². The van der Waals surface area contributed by atoms with Gasteiger partial charge in [0, 0.05) is 18.3 Å². The second kappa shape index (κ2) is 8.94. The van der Waals surface area contributed by atoms with E-state index in [-0.39, 0.29) is 33.0 Å². The molecule has 0 unspecified atom stereocenters. The number of rotatable bonds is 7. The van der Waals surface area contributed by atoms with Crippen LogP contribution in [0.25, 0.3) is 0 Å². The smallest absolute Gasteiger partial charge is 0.375 e. The van der Waals surface area contributed by atoms with E-state index < -0.39 is 45.9 Å². The monoisotopic (exact) mass is 482 g/mol. The van der Waals surface area contributed by atoms with Gasteiger partial charge in [0.05, 0.1) is 28.0 Å². The summed E-state index contributed by atoms with van der Waals surface area (Å²) in [6, 6.07) is 13.3. The van der Waals surface area contributed by atoms with Crippen molar-refractivity contribution < 1.29 is 36.7 Å². The zero-order valence-corrected chi connectivity index (χ0v) is 18.6. The van der Waals surface area contributed by atoms with Gasteiger partial charge in [-0.05, 0) is 36.4 Å². The van der Waals surface area contributed by atoms with Crippen LogP contribution in [0, 0.1) is 0 Å². The van der Waals surface area contributed by atoms with Crippen molar-refractivity contribution in [3.63, 3.8) is 0 Å². The number of anilines is 1. The number of amides is 3. The van der Waals surface area contributed by atoms with Crippen molar-refractivity contribution in [2.24, 2.45) is 0 Å². The summed E-state index contributed by atoms with van der Waals surface area (Å²) in [5.41, 5.74) is 0.721. The SMILES string of the molecule is CN1C(=O)c2ccc(NC(=O)COC(=O)c3occc3CS(=O)(=O)c3ccccc3)cc2C1=O. The third-order valence-electron chi connectivity index (χ3n) is 5.09. The predicted molar refractivity (Wildman–Crippen MR) is 118 cm³/mol. The Morgan fingerprint density at radius 1 is 1.00 bits per heavy atom. The highest BCUT2D eigenvalue weighted by Crippen LogP contribution is 2.25. The van der Waals surface area contributed by atoms with Gasteiger partial charge in [-0.25, -0.2) is 13.2 Å². The molecule has 1 aromatic heterocycles. The molecule has 1 N–H and O–H groups in total. The van der Waals surface area contributed by atoms with Crippen LogP contribution in [-0.4, -0.2) is 50.7 Å². The topological polar surface area (TPSA) is 140 Å². The molecule has 3 amide bonds. The van der Waals surface area contributed by atoms with Gasteiger partial charge in [0.2, 0.25) is 5.76 Å². The van der Waals surface area contributed by atoms with Crippen molar-refractivity contribution in [1.29, 1.82) is 0 Å². The Morgan fingerprint density at radius 3 is 2.44 bits per heavy atom. The first-order valence-corrected chi connectivity index (χ1v) is 11.6. The van der Waals surface area contributed by atoms with E-state index in [4.69, 9.17) is 9.15 Å². The van der Waals surface area contributed by atoms with Crippen LogP contribution < -0.4 is 5.32 Å². The Balaban J connectivity index is 1.38. The van der Waals surface area contributed by atoms with Crippen molar-refractivity contribution in [3.8, 4) is 0 Å². The van der Waals surface area contributed by atoms with Gasteiger partial charge in [0.15, 0.2) is 16.4 Å². The standard InChI is InChI=1S/C23H18N2O8S/c1-25-21(27)17-8-7-15(11-18(17)22(25)28)24-19(26)12-33-23(29)20-14(9-10-32-20)13-34(30,31)16-5-3-2-4-6-16/h2-11H,12-13H2,1H3,(H,24,26). The Morgan fingerprint density at radius 2 is 1.71 bits per heavy atom. The molecule has 1 aliphatic heterocycles. The first-order chi connectivity index (χ1) is 16.2. The van der Waals surface area contributed by atoms with Crippen LogP contribution in [0.3, 0.4) is 0 Å². The van der Waals surface area contributed by atoms with Gasteiger partial charge < -0.3 is 14.5 Å². The lowest BCUT2D eigenvalue weighted by Crippen LogP contribution is -2.24. The summed E-state index contributed by atoms with van der Waals surface area (Å²) in [6.07, 6.45) is 1.16. The normalized spacial score (nSPS) is 13.0. The van der Waals surface area contributed by atoms with Crippen LogP contribution in [0.2, 0.25) is 0 Å². The second-order valence-electron chi connectivity index (χ2n) is 7.40. The molecule has 0 aliphatic carbocycles. The molecule has 0 atom stereocenters. The number of hydrogen-bond acceptors (Lipinski definition) is 8. The van der Waals surface area contributed by atoms with Gasteiger partial charge in [-0.3, -0.25) is 19.3 Å². The molecular weight excluding hydrogens is 464 g/mol. The maximum absolute atomic E-state index is 12.6. The summed E-state index contributed by atoms with van der Waals surface area (Å²) in [6.45, 7) is -0.686. The molecule has 0 bridgehead atoms. The fourth-order valence-electron chi connectivity index (χ4n) is 3.38. The van der Waals surface area contributed by atoms with Crippen LogP contribution in [-0.2, 0) is 25.1 Å². The molecule has 2 heterocycles. The minimum Gasteiger partial charge on any atom is -0.457 e. The number of nitrogens with one attached hydrogen (secondary N) is 1. The van der Waals surface area contributed by atoms with Crippen molar-refractivity contribution in [2.75, 3.05) is 19.0 Å². The van der Waals surface area contributed by atoms with Crippen molar-refractivity contribution in [2.45, 2.75) is 10.6 Å². The highest BCUT2D eigenvalue weighted by atomic mass is 32.2. The number of hydrogen-bond donors (Lipinski definition) is 1. The van der Waals surface area contributed by atoms with Gasteiger partial charge in [-0.2, -0.15) is 0 Å². The molecule has 0 spiro atoms. The molecule has 34 heavy (non-hydrogen) atoms. The third kappa shape index (κ3) is 4.46. The fourth-order valence-corrected chi connectivity index (χ4v) is 4.75. The molecule has 174 valence electrons. The Kier molecular flexibility index (Phi) is 6.03. The molecule has 10 nitrogen and oxygen atoms in total. The average Bonchev–Trinajstić information content (AvgIpc) is 3.36. The van der Waals surface area contributed by atoms with Gasteiger partial charge in [0.1, 0.15) is 0 Å². The predicted octanol–water partition coefficient (Wildman–Crippen LogP) is 2.27. The molecule has 2 aromatic carbocycles. The lowest BCUT2D eigenvalue weighted by atomic mass is 10.1. The maximum atomic E-state index is 12.6. The highest BCUT2D eigenvalue weighted by molar-refractivity contribution is 7.90. The van der Waals surface area contributed by atoms with Crippen LogP contribution in [0.5, 0.6) is 0 Å². The number of carbonyl (C=O) groups excluding carboxylic acids is 4. The lowest BCUT2D eigenvalue weighted by molar-refractivity contribution is -0.119. The third-order valence-corrected chi connectivity index (χ3v) is 6.77. The van der Waals surface area contributed by atoms with E-state index in [2.05, 4.69) is 5.32 Å². The van der Waals surface area contributed by atoms with E-state index in [1.54, 1.807) is 18.2 Å². The lowest BCUT2D eigenvalue weighted by Gasteiger charge is -2.08. The van der Waals surface area contributed by atoms with E-state index in [9.17, 15) is 27.6 Å². The number of esters is 1. The minimum atomic E-state index is -3.73.